The van der Waals surface area contributed by atoms with Gasteiger partial charge in [0.05, 0.1) is 65.2 Å². The van der Waals surface area contributed by atoms with E-state index in [0.29, 0.717) is 0 Å². The van der Waals surface area contributed by atoms with Crippen molar-refractivity contribution in [3.63, 3.8) is 0 Å². The first-order chi connectivity index (χ1) is 23.4. The van der Waals surface area contributed by atoms with Crippen molar-refractivity contribution in [2.24, 2.45) is 0 Å². The highest BCUT2D eigenvalue weighted by atomic mass is 32.2. The number of nitrogens with one attached hydrogen (secondary N) is 1. The Hall–Kier alpha value is -2.99. The second-order valence-corrected chi connectivity index (χ2v) is 13.5. The van der Waals surface area contributed by atoms with Gasteiger partial charge in [-0.2, -0.15) is 0 Å². The molecule has 0 amide bonds. The Kier molecular flexibility index (Phi) is 19.4. The van der Waals surface area contributed by atoms with Crippen LogP contribution >= 0.6 is 11.9 Å². The second kappa shape index (κ2) is 22.6. The number of methoxy groups -OCH3 is 1. The van der Waals surface area contributed by atoms with Crippen molar-refractivity contribution in [2.45, 2.75) is 81.1 Å². The molecule has 48 heavy (non-hydrogen) atoms. The highest BCUT2D eigenvalue weighted by Gasteiger charge is 2.26. The van der Waals surface area contributed by atoms with Gasteiger partial charge in [0.2, 0.25) is 0 Å². The second-order valence-electron chi connectivity index (χ2n) is 12.6. The summed E-state index contributed by atoms with van der Waals surface area (Å²) < 4.78 is 12.0. The summed E-state index contributed by atoms with van der Waals surface area (Å²) >= 11 is 1.63. The van der Waals surface area contributed by atoms with Crippen molar-refractivity contribution in [3.8, 4) is 0 Å². The maximum Gasteiger partial charge on any atom is 0.152 e. The fourth-order valence-electron chi connectivity index (χ4n) is 6.36. The Labute approximate surface area is 299 Å². The normalized spacial score (nSPS) is 13.2. The van der Waals surface area contributed by atoms with Gasteiger partial charge in [-0.3, -0.25) is 0 Å². The molecule has 5 heteroatoms. The number of allylic oxidation sites excluding steroid dienone is 1. The Morgan fingerprint density at radius 1 is 0.521 bits per heavy atom. The SMILES string of the molecule is CCCC[N+](CC)(CC)CC.CCCC[N+](CC)(CC)CC.COC1=C(c2ccccc2)NSC(c2ccccc2)=C1c1ccccc1. The number of rotatable bonds is 16. The molecular formula is C43H67N3OS+2. The Morgan fingerprint density at radius 2 is 0.896 bits per heavy atom. The van der Waals surface area contributed by atoms with Crippen LogP contribution in [0.4, 0.5) is 0 Å². The number of nitrogens with zero attached hydrogens (tertiary/aromatic N) is 2. The highest BCUT2D eigenvalue weighted by molar-refractivity contribution is 8.07. The third kappa shape index (κ3) is 11.9. The molecule has 1 heterocycles. The molecule has 1 N–H and O–H groups in total. The zero-order chi connectivity index (χ0) is 35.3. The number of benzene rings is 3. The Bertz CT molecular complexity index is 1290. The fraction of sp³-hybridized carbons (Fsp3) is 0.488. The van der Waals surface area contributed by atoms with E-state index in [-0.39, 0.29) is 0 Å². The van der Waals surface area contributed by atoms with Gasteiger partial charge < -0.3 is 18.4 Å². The summed E-state index contributed by atoms with van der Waals surface area (Å²) in [6, 6.07) is 31.2. The van der Waals surface area contributed by atoms with E-state index in [1.807, 2.05) is 30.3 Å². The van der Waals surface area contributed by atoms with Gasteiger partial charge in [0, 0.05) is 16.0 Å². The summed E-state index contributed by atoms with van der Waals surface area (Å²) in [5.74, 6) is 0.861. The quantitative estimate of drug-likeness (QED) is 0.121. The summed E-state index contributed by atoms with van der Waals surface area (Å²) in [6.45, 7) is 28.9. The van der Waals surface area contributed by atoms with Crippen LogP contribution in [-0.4, -0.2) is 68.4 Å². The van der Waals surface area contributed by atoms with Crippen LogP contribution in [0.3, 0.4) is 0 Å². The third-order valence-corrected chi connectivity index (χ3v) is 11.2. The monoisotopic (exact) mass is 673 g/mol. The summed E-state index contributed by atoms with van der Waals surface area (Å²) in [5, 5.41) is 0. The van der Waals surface area contributed by atoms with Crippen LogP contribution in [0.15, 0.2) is 96.8 Å². The minimum Gasteiger partial charge on any atom is -0.494 e. The van der Waals surface area contributed by atoms with Crippen LogP contribution in [0.25, 0.3) is 16.2 Å². The molecule has 0 bridgehead atoms. The number of ether oxygens (including phenoxy) is 1. The average Bonchev–Trinajstić information content (AvgIpc) is 3.17. The predicted molar refractivity (Wildman–Crippen MR) is 214 cm³/mol. The van der Waals surface area contributed by atoms with Gasteiger partial charge in [-0.05, 0) is 77.5 Å². The van der Waals surface area contributed by atoms with E-state index in [1.165, 1.54) is 92.6 Å². The minimum absolute atomic E-state index is 0.861. The molecule has 3 aromatic carbocycles. The average molecular weight is 674 g/mol. The van der Waals surface area contributed by atoms with E-state index in [0.717, 1.165) is 33.1 Å². The third-order valence-electron chi connectivity index (χ3n) is 10.3. The lowest BCUT2D eigenvalue weighted by atomic mass is 9.97. The van der Waals surface area contributed by atoms with Crippen molar-refractivity contribution in [1.82, 2.24) is 4.72 Å². The molecule has 0 atom stereocenters. The van der Waals surface area contributed by atoms with Gasteiger partial charge in [-0.25, -0.2) is 0 Å². The van der Waals surface area contributed by atoms with Gasteiger partial charge in [0.1, 0.15) is 0 Å². The number of hydrogen-bond acceptors (Lipinski definition) is 3. The zero-order valence-electron chi connectivity index (χ0n) is 31.9. The Balaban J connectivity index is 0.000000304. The number of hydrogen-bond donors (Lipinski definition) is 1. The standard InChI is InChI=1S/C23H19NOS.2C10H24N/c1-25-22-20(17-11-5-2-6-12-17)23(19-15-9-4-10-16-19)26-24-21(22)18-13-7-3-8-14-18;2*1-5-9-10-11(6-2,7-3)8-4/h2-16,24H,1H3;2*5-10H2,1-4H3/q;2*+1. The first-order valence-corrected chi connectivity index (χ1v) is 19.5. The molecule has 0 fully saturated rings. The first-order valence-electron chi connectivity index (χ1n) is 18.7. The highest BCUT2D eigenvalue weighted by Crippen LogP contribution is 2.45. The molecule has 0 unspecified atom stereocenters. The fourth-order valence-corrected chi connectivity index (χ4v) is 7.34. The van der Waals surface area contributed by atoms with Crippen LogP contribution in [0.5, 0.6) is 0 Å². The topological polar surface area (TPSA) is 21.3 Å². The maximum absolute atomic E-state index is 5.92. The van der Waals surface area contributed by atoms with Crippen molar-refractivity contribution >= 4 is 28.1 Å². The van der Waals surface area contributed by atoms with Crippen LogP contribution < -0.4 is 4.72 Å². The van der Waals surface area contributed by atoms with Crippen molar-refractivity contribution in [3.05, 3.63) is 113 Å². The van der Waals surface area contributed by atoms with Gasteiger partial charge in [0.25, 0.3) is 0 Å². The summed E-state index contributed by atoms with van der Waals surface area (Å²) in [6.07, 6.45) is 5.44. The number of quaternary nitrogens is 2. The minimum atomic E-state index is 0.861. The molecule has 0 aromatic heterocycles. The smallest absolute Gasteiger partial charge is 0.152 e. The summed E-state index contributed by atoms with van der Waals surface area (Å²) in [7, 11) is 1.74. The molecule has 0 aliphatic carbocycles. The molecule has 3 aromatic rings. The molecule has 4 rings (SSSR count). The van der Waals surface area contributed by atoms with Crippen LogP contribution in [0.2, 0.25) is 0 Å². The van der Waals surface area contributed by atoms with Gasteiger partial charge in [-0.1, -0.05) is 118 Å². The lowest BCUT2D eigenvalue weighted by molar-refractivity contribution is -0.923. The molecule has 0 saturated heterocycles. The molecule has 1 aliphatic heterocycles. The largest absolute Gasteiger partial charge is 0.494 e. The molecule has 264 valence electrons. The van der Waals surface area contributed by atoms with Crippen molar-refractivity contribution in [2.75, 3.05) is 59.5 Å². The molecular weight excluding hydrogens is 607 g/mol. The Morgan fingerprint density at radius 3 is 1.25 bits per heavy atom. The van der Waals surface area contributed by atoms with Crippen LogP contribution in [0.1, 0.15) is 97.8 Å². The van der Waals surface area contributed by atoms with Gasteiger partial charge in [-0.15, -0.1) is 0 Å². The molecule has 4 nitrogen and oxygen atoms in total. The van der Waals surface area contributed by atoms with E-state index in [1.54, 1.807) is 19.1 Å². The van der Waals surface area contributed by atoms with E-state index in [9.17, 15) is 0 Å². The molecule has 0 saturated carbocycles. The van der Waals surface area contributed by atoms with E-state index < -0.39 is 0 Å². The molecule has 1 aliphatic rings. The molecule has 0 radical (unpaired) electrons. The van der Waals surface area contributed by atoms with Crippen LogP contribution in [-0.2, 0) is 4.74 Å². The summed E-state index contributed by atoms with van der Waals surface area (Å²) in [4.78, 5) is 1.16. The zero-order valence-corrected chi connectivity index (χ0v) is 32.7. The summed E-state index contributed by atoms with van der Waals surface area (Å²) in [5.41, 5.74) is 5.53. The maximum atomic E-state index is 5.92. The van der Waals surface area contributed by atoms with Crippen LogP contribution in [0, 0.1) is 0 Å². The number of unbranched alkanes of at least 4 members (excludes halogenated alkanes) is 2. The van der Waals surface area contributed by atoms with Gasteiger partial charge >= 0.3 is 0 Å². The van der Waals surface area contributed by atoms with Crippen molar-refractivity contribution < 1.29 is 13.7 Å². The van der Waals surface area contributed by atoms with Crippen molar-refractivity contribution in [1.29, 1.82) is 0 Å². The van der Waals surface area contributed by atoms with Gasteiger partial charge in [0.15, 0.2) is 5.76 Å². The van der Waals surface area contributed by atoms with E-state index in [2.05, 4.69) is 121 Å². The van der Waals surface area contributed by atoms with E-state index in [4.69, 9.17) is 4.74 Å². The predicted octanol–water partition coefficient (Wildman–Crippen LogP) is 11.1. The van der Waals surface area contributed by atoms with E-state index >= 15 is 0 Å². The first kappa shape index (κ1) is 41.2. The lowest BCUT2D eigenvalue weighted by Crippen LogP contribution is -2.48. The molecule has 0 spiro atoms. The lowest BCUT2D eigenvalue weighted by Gasteiger charge is -2.35.